The molecule has 0 bridgehead atoms. The molecule has 1 fully saturated rings. The van der Waals surface area contributed by atoms with Crippen molar-refractivity contribution in [1.29, 1.82) is 0 Å². The molecule has 0 spiro atoms. The van der Waals surface area contributed by atoms with Crippen LogP contribution in [0.5, 0.6) is 0 Å². The summed E-state index contributed by atoms with van der Waals surface area (Å²) in [6, 6.07) is 6.79. The van der Waals surface area contributed by atoms with Gasteiger partial charge in [0.2, 0.25) is 0 Å². The molecular weight excluding hydrogens is 346 g/mol. The van der Waals surface area contributed by atoms with Gasteiger partial charge in [-0.3, -0.25) is 0 Å². The van der Waals surface area contributed by atoms with Crippen molar-refractivity contribution in [2.24, 2.45) is 11.3 Å². The number of hydrogen-bond acceptors (Lipinski definition) is 1. The predicted molar refractivity (Wildman–Crippen MR) is 96.1 cm³/mol. The molecule has 3 heteroatoms. The van der Waals surface area contributed by atoms with E-state index in [2.05, 4.69) is 54.2 Å². The molecule has 1 aliphatic carbocycles. The van der Waals surface area contributed by atoms with Crippen LogP contribution in [-0.4, -0.2) is 12.6 Å². The molecule has 21 heavy (non-hydrogen) atoms. The summed E-state index contributed by atoms with van der Waals surface area (Å²) in [6.07, 6.45) is 6.24. The molecule has 0 saturated heterocycles. The second kappa shape index (κ2) is 7.48. The number of rotatable bonds is 6. The average molecular weight is 373 g/mol. The van der Waals surface area contributed by atoms with E-state index in [1.807, 2.05) is 6.07 Å². The molecule has 0 aliphatic heterocycles. The zero-order valence-electron chi connectivity index (χ0n) is 13.4. The summed E-state index contributed by atoms with van der Waals surface area (Å²) in [4.78, 5) is 0. The molecule has 118 valence electrons. The minimum atomic E-state index is 0.438. The van der Waals surface area contributed by atoms with Gasteiger partial charge in [0.05, 0.1) is 0 Å². The lowest BCUT2D eigenvalue weighted by molar-refractivity contribution is 0.195. The van der Waals surface area contributed by atoms with Crippen molar-refractivity contribution in [1.82, 2.24) is 5.32 Å². The van der Waals surface area contributed by atoms with Crippen LogP contribution in [0.15, 0.2) is 22.7 Å². The van der Waals surface area contributed by atoms with Crippen molar-refractivity contribution >= 4 is 27.5 Å². The molecule has 0 radical (unpaired) electrons. The van der Waals surface area contributed by atoms with Gasteiger partial charge in [0.25, 0.3) is 0 Å². The molecule has 0 heterocycles. The van der Waals surface area contributed by atoms with Crippen LogP contribution < -0.4 is 5.32 Å². The first-order valence-electron chi connectivity index (χ1n) is 8.11. The normalized spacial score (nSPS) is 22.4. The predicted octanol–water partition coefficient (Wildman–Crippen LogP) is 5.84. The van der Waals surface area contributed by atoms with E-state index in [0.717, 1.165) is 28.4 Å². The van der Waals surface area contributed by atoms with Crippen LogP contribution >= 0.6 is 27.5 Å². The summed E-state index contributed by atoms with van der Waals surface area (Å²) < 4.78 is 1.05. The maximum Gasteiger partial charge on any atom is 0.0449 e. The summed E-state index contributed by atoms with van der Waals surface area (Å²) in [6.45, 7) is 8.17. The Morgan fingerprint density at radius 3 is 2.76 bits per heavy atom. The number of nitrogens with one attached hydrogen (secondary N) is 1. The van der Waals surface area contributed by atoms with Crippen molar-refractivity contribution in [2.45, 2.75) is 58.9 Å². The van der Waals surface area contributed by atoms with E-state index < -0.39 is 0 Å². The van der Waals surface area contributed by atoms with Crippen LogP contribution in [0.1, 0.15) is 52.0 Å². The smallest absolute Gasteiger partial charge is 0.0449 e. The van der Waals surface area contributed by atoms with Crippen LogP contribution in [0.2, 0.25) is 5.02 Å². The van der Waals surface area contributed by atoms with Gasteiger partial charge in [-0.25, -0.2) is 0 Å². The van der Waals surface area contributed by atoms with Gasteiger partial charge in [-0.2, -0.15) is 0 Å². The van der Waals surface area contributed by atoms with Crippen LogP contribution in [0.3, 0.4) is 0 Å². The van der Waals surface area contributed by atoms with Crippen LogP contribution in [0, 0.1) is 11.3 Å². The lowest BCUT2D eigenvalue weighted by atomic mass is 9.76. The Hall–Kier alpha value is -0.0500. The second-order valence-corrected chi connectivity index (χ2v) is 8.31. The summed E-state index contributed by atoms with van der Waals surface area (Å²) in [5.74, 6) is 0.740. The van der Waals surface area contributed by atoms with Gasteiger partial charge in [0.1, 0.15) is 0 Å². The highest BCUT2D eigenvalue weighted by Gasteiger charge is 2.39. The summed E-state index contributed by atoms with van der Waals surface area (Å²) in [7, 11) is 0. The minimum Gasteiger partial charge on any atom is -0.313 e. The fourth-order valence-electron chi connectivity index (χ4n) is 3.71. The average Bonchev–Trinajstić information content (AvgIpc) is 2.76. The van der Waals surface area contributed by atoms with Crippen molar-refractivity contribution in [3.8, 4) is 0 Å². The SMILES string of the molecule is CCCNC(Cc1ccc(Br)cc1Cl)C1CCCC1(C)C. The summed E-state index contributed by atoms with van der Waals surface area (Å²) in [5, 5.41) is 4.67. The second-order valence-electron chi connectivity index (χ2n) is 6.99. The maximum absolute atomic E-state index is 6.43. The molecular formula is C18H27BrClN. The Kier molecular flexibility index (Phi) is 6.16. The largest absolute Gasteiger partial charge is 0.313 e. The molecule has 2 atom stereocenters. The Morgan fingerprint density at radius 1 is 1.43 bits per heavy atom. The highest BCUT2D eigenvalue weighted by atomic mass is 79.9. The fourth-order valence-corrected chi connectivity index (χ4v) is 4.46. The fraction of sp³-hybridized carbons (Fsp3) is 0.667. The van der Waals surface area contributed by atoms with Gasteiger partial charge in [-0.05, 0) is 61.3 Å². The van der Waals surface area contributed by atoms with Gasteiger partial charge in [0, 0.05) is 15.5 Å². The van der Waals surface area contributed by atoms with Crippen molar-refractivity contribution in [2.75, 3.05) is 6.54 Å². The molecule has 2 rings (SSSR count). The van der Waals surface area contributed by atoms with Crippen LogP contribution in [0.4, 0.5) is 0 Å². The molecule has 2 unspecified atom stereocenters. The van der Waals surface area contributed by atoms with E-state index in [0.29, 0.717) is 11.5 Å². The van der Waals surface area contributed by atoms with Gasteiger partial charge < -0.3 is 5.32 Å². The summed E-state index contributed by atoms with van der Waals surface area (Å²) >= 11 is 9.92. The summed E-state index contributed by atoms with van der Waals surface area (Å²) in [5.41, 5.74) is 1.70. The van der Waals surface area contributed by atoms with E-state index in [1.165, 1.54) is 31.2 Å². The highest BCUT2D eigenvalue weighted by Crippen LogP contribution is 2.45. The molecule has 0 aromatic heterocycles. The number of hydrogen-bond donors (Lipinski definition) is 1. The van der Waals surface area contributed by atoms with Crippen molar-refractivity contribution in [3.05, 3.63) is 33.3 Å². The van der Waals surface area contributed by atoms with E-state index in [4.69, 9.17) is 11.6 Å². The van der Waals surface area contributed by atoms with E-state index >= 15 is 0 Å². The van der Waals surface area contributed by atoms with Gasteiger partial charge in [0.15, 0.2) is 0 Å². The van der Waals surface area contributed by atoms with Crippen molar-refractivity contribution < 1.29 is 0 Å². The Labute approximate surface area is 143 Å². The minimum absolute atomic E-state index is 0.438. The molecule has 1 aliphatic rings. The van der Waals surface area contributed by atoms with Crippen LogP contribution in [-0.2, 0) is 6.42 Å². The Balaban J connectivity index is 2.16. The third-order valence-electron chi connectivity index (χ3n) is 4.94. The maximum atomic E-state index is 6.43. The van der Waals surface area contributed by atoms with E-state index in [1.54, 1.807) is 0 Å². The molecule has 0 amide bonds. The molecule has 1 N–H and O–H groups in total. The van der Waals surface area contributed by atoms with E-state index in [9.17, 15) is 0 Å². The first kappa shape index (κ1) is 17.3. The monoisotopic (exact) mass is 371 g/mol. The van der Waals surface area contributed by atoms with Gasteiger partial charge in [-0.1, -0.05) is 60.8 Å². The Bertz CT molecular complexity index is 472. The molecule has 1 aromatic carbocycles. The Morgan fingerprint density at radius 2 is 2.19 bits per heavy atom. The quantitative estimate of drug-likeness (QED) is 0.661. The van der Waals surface area contributed by atoms with Gasteiger partial charge >= 0.3 is 0 Å². The van der Waals surface area contributed by atoms with Crippen LogP contribution in [0.25, 0.3) is 0 Å². The zero-order chi connectivity index (χ0) is 15.5. The standard InChI is InChI=1S/C18H27BrClN/c1-4-10-21-17(15-6-5-9-18(15,2)3)11-13-7-8-14(19)12-16(13)20/h7-8,12,15,17,21H,4-6,9-11H2,1-3H3. The number of benzene rings is 1. The lowest BCUT2D eigenvalue weighted by Crippen LogP contribution is -2.42. The van der Waals surface area contributed by atoms with Gasteiger partial charge in [-0.15, -0.1) is 0 Å². The van der Waals surface area contributed by atoms with E-state index in [-0.39, 0.29) is 0 Å². The molecule has 1 aromatic rings. The molecule has 1 nitrogen and oxygen atoms in total. The third-order valence-corrected chi connectivity index (χ3v) is 5.78. The lowest BCUT2D eigenvalue weighted by Gasteiger charge is -2.35. The van der Waals surface area contributed by atoms with Crippen molar-refractivity contribution in [3.63, 3.8) is 0 Å². The third kappa shape index (κ3) is 4.46. The zero-order valence-corrected chi connectivity index (χ0v) is 15.7. The first-order valence-corrected chi connectivity index (χ1v) is 9.28. The topological polar surface area (TPSA) is 12.0 Å². The molecule has 1 saturated carbocycles. The first-order chi connectivity index (χ1) is 9.94. The number of halogens is 2. The highest BCUT2D eigenvalue weighted by molar-refractivity contribution is 9.10.